The van der Waals surface area contributed by atoms with Gasteiger partial charge in [0.05, 0.1) is 17.6 Å². The van der Waals surface area contributed by atoms with E-state index in [1.807, 2.05) is 32.0 Å². The van der Waals surface area contributed by atoms with Crippen molar-refractivity contribution < 1.29 is 9.53 Å². The molecule has 100 valence electrons. The molecule has 0 aromatic heterocycles. The Bertz CT molecular complexity index is 423. The maximum atomic E-state index is 11.2. The Morgan fingerprint density at radius 3 is 2.67 bits per heavy atom. The number of carbonyl (C=O) groups is 1. The molecule has 1 aromatic rings. The Morgan fingerprint density at radius 1 is 1.56 bits per heavy atom. The largest absolute Gasteiger partial charge is 0.496 e. The van der Waals surface area contributed by atoms with Gasteiger partial charge in [0.1, 0.15) is 5.75 Å². The van der Waals surface area contributed by atoms with Gasteiger partial charge in [-0.2, -0.15) is 0 Å². The number of rotatable bonds is 6. The lowest BCUT2D eigenvalue weighted by molar-refractivity contribution is -0.120. The smallest absolute Gasteiger partial charge is 0.234 e. The molecular weight excluding hydrogens is 296 g/mol. The molecule has 0 unspecified atom stereocenters. The number of benzene rings is 1. The fourth-order valence-corrected chi connectivity index (χ4v) is 2.31. The van der Waals surface area contributed by atoms with Crippen LogP contribution in [-0.4, -0.2) is 19.1 Å². The van der Waals surface area contributed by atoms with E-state index in [2.05, 4.69) is 21.2 Å². The second-order valence-corrected chi connectivity index (χ2v) is 5.00. The number of methoxy groups -OCH3 is 1. The average molecular weight is 315 g/mol. The van der Waals surface area contributed by atoms with E-state index in [1.165, 1.54) is 0 Å². The number of primary amides is 1. The van der Waals surface area contributed by atoms with Crippen molar-refractivity contribution in [2.24, 2.45) is 5.73 Å². The second-order valence-electron chi connectivity index (χ2n) is 4.15. The molecule has 0 aliphatic carbocycles. The van der Waals surface area contributed by atoms with E-state index in [9.17, 15) is 4.79 Å². The highest BCUT2D eigenvalue weighted by atomic mass is 79.9. The number of nitrogens with one attached hydrogen (secondary N) is 1. The molecule has 1 rings (SSSR count). The summed E-state index contributed by atoms with van der Waals surface area (Å²) >= 11 is 3.44. The van der Waals surface area contributed by atoms with E-state index in [-0.39, 0.29) is 18.0 Å². The summed E-state index contributed by atoms with van der Waals surface area (Å²) in [6, 6.07) is 5.58. The number of hydrogen-bond donors (Lipinski definition) is 2. The molecule has 0 fully saturated rings. The van der Waals surface area contributed by atoms with Crippen molar-refractivity contribution in [3.63, 3.8) is 0 Å². The number of amides is 1. The summed E-state index contributed by atoms with van der Waals surface area (Å²) in [5.41, 5.74) is 6.39. The number of hydrogen-bond acceptors (Lipinski definition) is 3. The first kappa shape index (κ1) is 15.0. The summed E-state index contributed by atoms with van der Waals surface area (Å²) in [6.07, 6.45) is 0.678. The predicted octanol–water partition coefficient (Wildman–Crippen LogP) is 2.37. The van der Waals surface area contributed by atoms with Crippen LogP contribution in [0.5, 0.6) is 5.75 Å². The molecule has 0 bridgehead atoms. The lowest BCUT2D eigenvalue weighted by Gasteiger charge is -2.20. The minimum Gasteiger partial charge on any atom is -0.496 e. The van der Waals surface area contributed by atoms with Crippen molar-refractivity contribution in [2.75, 3.05) is 7.11 Å². The SMILES string of the molecule is CC[C@@H](N[C@H](C)c1ccc(OC)c(Br)c1)C(N)=O. The summed E-state index contributed by atoms with van der Waals surface area (Å²) in [7, 11) is 1.63. The van der Waals surface area contributed by atoms with E-state index in [4.69, 9.17) is 10.5 Å². The maximum Gasteiger partial charge on any atom is 0.234 e. The fourth-order valence-electron chi connectivity index (χ4n) is 1.75. The highest BCUT2D eigenvalue weighted by molar-refractivity contribution is 9.10. The van der Waals surface area contributed by atoms with Crippen molar-refractivity contribution in [2.45, 2.75) is 32.4 Å². The topological polar surface area (TPSA) is 64.3 Å². The number of nitrogens with two attached hydrogens (primary N) is 1. The van der Waals surface area contributed by atoms with E-state index in [0.717, 1.165) is 15.8 Å². The summed E-state index contributed by atoms with van der Waals surface area (Å²) < 4.78 is 6.07. The minimum absolute atomic E-state index is 0.0460. The van der Waals surface area contributed by atoms with Gasteiger partial charge in [-0.3, -0.25) is 10.1 Å². The van der Waals surface area contributed by atoms with Crippen molar-refractivity contribution in [3.05, 3.63) is 28.2 Å². The monoisotopic (exact) mass is 314 g/mol. The van der Waals surface area contributed by atoms with Crippen LogP contribution in [0.4, 0.5) is 0 Å². The zero-order chi connectivity index (χ0) is 13.7. The summed E-state index contributed by atoms with van der Waals surface area (Å²) in [5.74, 6) is 0.463. The lowest BCUT2D eigenvalue weighted by Crippen LogP contribution is -2.41. The van der Waals surface area contributed by atoms with Crippen LogP contribution in [0.3, 0.4) is 0 Å². The molecular formula is C13H19BrN2O2. The molecule has 4 nitrogen and oxygen atoms in total. The highest BCUT2D eigenvalue weighted by Crippen LogP contribution is 2.28. The van der Waals surface area contributed by atoms with Gasteiger partial charge in [0.2, 0.25) is 5.91 Å². The normalized spacial score (nSPS) is 14.0. The Hall–Kier alpha value is -1.07. The van der Waals surface area contributed by atoms with E-state index in [0.29, 0.717) is 6.42 Å². The molecule has 2 atom stereocenters. The van der Waals surface area contributed by atoms with Crippen molar-refractivity contribution in [3.8, 4) is 5.75 Å². The first-order valence-corrected chi connectivity index (χ1v) is 6.67. The zero-order valence-corrected chi connectivity index (χ0v) is 12.5. The molecule has 0 aliphatic heterocycles. The number of carbonyl (C=O) groups excluding carboxylic acids is 1. The van der Waals surface area contributed by atoms with Crippen LogP contribution in [-0.2, 0) is 4.79 Å². The quantitative estimate of drug-likeness (QED) is 0.847. The third kappa shape index (κ3) is 3.71. The standard InChI is InChI=1S/C13H19BrN2O2/c1-4-11(13(15)17)16-8(2)9-5-6-12(18-3)10(14)7-9/h5-8,11,16H,4H2,1-3H3,(H2,15,17)/t8-,11-/m1/s1. The van der Waals surface area contributed by atoms with Crippen LogP contribution in [0.15, 0.2) is 22.7 Å². The van der Waals surface area contributed by atoms with E-state index in [1.54, 1.807) is 7.11 Å². The first-order valence-electron chi connectivity index (χ1n) is 5.88. The number of halogens is 1. The predicted molar refractivity (Wildman–Crippen MR) is 75.5 cm³/mol. The van der Waals surface area contributed by atoms with Gasteiger partial charge in [0.15, 0.2) is 0 Å². The minimum atomic E-state index is -0.322. The van der Waals surface area contributed by atoms with Gasteiger partial charge < -0.3 is 10.5 Å². The molecule has 0 radical (unpaired) electrons. The Morgan fingerprint density at radius 2 is 2.22 bits per heavy atom. The zero-order valence-electron chi connectivity index (χ0n) is 10.9. The molecule has 0 spiro atoms. The van der Waals surface area contributed by atoms with Gasteiger partial charge in [-0.05, 0) is 47.0 Å². The van der Waals surface area contributed by atoms with Gasteiger partial charge in [0.25, 0.3) is 0 Å². The molecule has 0 aliphatic rings. The summed E-state index contributed by atoms with van der Waals surface area (Å²) in [6.45, 7) is 3.93. The third-order valence-electron chi connectivity index (χ3n) is 2.88. The van der Waals surface area contributed by atoms with E-state index >= 15 is 0 Å². The second kappa shape index (κ2) is 6.75. The molecule has 5 heteroatoms. The summed E-state index contributed by atoms with van der Waals surface area (Å²) in [4.78, 5) is 11.2. The van der Waals surface area contributed by atoms with Crippen LogP contribution in [0.25, 0.3) is 0 Å². The van der Waals surface area contributed by atoms with Crippen LogP contribution in [0, 0.1) is 0 Å². The molecule has 0 heterocycles. The van der Waals surface area contributed by atoms with E-state index < -0.39 is 0 Å². The first-order chi connectivity index (χ1) is 8.49. The average Bonchev–Trinajstić information content (AvgIpc) is 2.35. The molecule has 0 saturated carbocycles. The van der Waals surface area contributed by atoms with Crippen LogP contribution < -0.4 is 15.8 Å². The Kier molecular flexibility index (Phi) is 5.62. The van der Waals surface area contributed by atoms with Crippen molar-refractivity contribution in [1.82, 2.24) is 5.32 Å². The Balaban J connectivity index is 2.81. The van der Waals surface area contributed by atoms with Crippen molar-refractivity contribution >= 4 is 21.8 Å². The molecule has 18 heavy (non-hydrogen) atoms. The van der Waals surface area contributed by atoms with Gasteiger partial charge in [-0.15, -0.1) is 0 Å². The molecule has 1 amide bonds. The fraction of sp³-hybridized carbons (Fsp3) is 0.462. The summed E-state index contributed by atoms with van der Waals surface area (Å²) in [5, 5.41) is 3.21. The van der Waals surface area contributed by atoms with Crippen LogP contribution >= 0.6 is 15.9 Å². The van der Waals surface area contributed by atoms with Gasteiger partial charge in [-0.25, -0.2) is 0 Å². The maximum absolute atomic E-state index is 11.2. The third-order valence-corrected chi connectivity index (χ3v) is 3.50. The Labute approximate surface area is 116 Å². The van der Waals surface area contributed by atoms with Gasteiger partial charge >= 0.3 is 0 Å². The lowest BCUT2D eigenvalue weighted by atomic mass is 10.1. The van der Waals surface area contributed by atoms with Gasteiger partial charge in [0, 0.05) is 6.04 Å². The molecule has 1 aromatic carbocycles. The van der Waals surface area contributed by atoms with Crippen LogP contribution in [0.1, 0.15) is 31.9 Å². The highest BCUT2D eigenvalue weighted by Gasteiger charge is 2.17. The van der Waals surface area contributed by atoms with Crippen molar-refractivity contribution in [1.29, 1.82) is 0 Å². The van der Waals surface area contributed by atoms with Crippen LogP contribution in [0.2, 0.25) is 0 Å². The molecule has 3 N–H and O–H groups in total. The number of ether oxygens (including phenoxy) is 1. The van der Waals surface area contributed by atoms with Gasteiger partial charge in [-0.1, -0.05) is 13.0 Å². The molecule has 0 saturated heterocycles.